The summed E-state index contributed by atoms with van der Waals surface area (Å²) in [5.41, 5.74) is 0.939. The molecule has 2 saturated heterocycles. The van der Waals surface area contributed by atoms with Gasteiger partial charge in [-0.2, -0.15) is 0 Å². The molecule has 136 valence electrons. The Hall–Kier alpha value is -1.83. The van der Waals surface area contributed by atoms with Crippen LogP contribution in [0.5, 0.6) is 11.5 Å². The molecule has 2 fully saturated rings. The van der Waals surface area contributed by atoms with E-state index in [1.807, 2.05) is 42.1 Å². The van der Waals surface area contributed by atoms with Gasteiger partial charge in [-0.3, -0.25) is 14.6 Å². The molecule has 0 spiro atoms. The van der Waals surface area contributed by atoms with Crippen LogP contribution in [0.2, 0.25) is 0 Å². The van der Waals surface area contributed by atoms with Crippen molar-refractivity contribution in [3.05, 3.63) is 23.8 Å². The Morgan fingerprint density at radius 1 is 1.16 bits per heavy atom. The zero-order valence-corrected chi connectivity index (χ0v) is 14.8. The van der Waals surface area contributed by atoms with E-state index in [0.29, 0.717) is 11.8 Å². The number of ether oxygens (including phenoxy) is 3. The highest BCUT2D eigenvalue weighted by Gasteiger charge is 2.39. The lowest BCUT2D eigenvalue weighted by Gasteiger charge is -2.47. The molecule has 0 unspecified atom stereocenters. The summed E-state index contributed by atoms with van der Waals surface area (Å²) in [6.07, 6.45) is 0. The monoisotopic (exact) mass is 347 g/mol. The van der Waals surface area contributed by atoms with E-state index in [1.165, 1.54) is 0 Å². The van der Waals surface area contributed by atoms with Crippen LogP contribution in [0, 0.1) is 0 Å². The third-order valence-corrected chi connectivity index (χ3v) is 5.20. The van der Waals surface area contributed by atoms with Crippen LogP contribution in [-0.2, 0) is 9.53 Å². The number of morpholine rings is 1. The highest BCUT2D eigenvalue weighted by molar-refractivity contribution is 5.84. The molecule has 0 bridgehead atoms. The van der Waals surface area contributed by atoms with E-state index in [9.17, 15) is 4.79 Å². The van der Waals surface area contributed by atoms with Crippen LogP contribution in [0.4, 0.5) is 0 Å². The highest BCUT2D eigenvalue weighted by atomic mass is 16.7. The first kappa shape index (κ1) is 16.6. The molecule has 0 aliphatic carbocycles. The van der Waals surface area contributed by atoms with Crippen LogP contribution < -0.4 is 9.47 Å². The van der Waals surface area contributed by atoms with Gasteiger partial charge in [0.05, 0.1) is 13.2 Å². The second-order valence-electron chi connectivity index (χ2n) is 7.02. The number of likely N-dealkylation sites (N-methyl/N-ethyl adjacent to an activating group) is 1. The largest absolute Gasteiger partial charge is 0.454 e. The van der Waals surface area contributed by atoms with Crippen molar-refractivity contribution in [3.63, 3.8) is 0 Å². The van der Waals surface area contributed by atoms with Gasteiger partial charge in [-0.05, 0) is 31.8 Å². The molecule has 0 saturated carbocycles. The van der Waals surface area contributed by atoms with Crippen LogP contribution in [0.25, 0.3) is 0 Å². The summed E-state index contributed by atoms with van der Waals surface area (Å²) in [7, 11) is 3.87. The fourth-order valence-corrected chi connectivity index (χ4v) is 3.73. The van der Waals surface area contributed by atoms with Crippen LogP contribution in [0.15, 0.2) is 18.2 Å². The maximum Gasteiger partial charge on any atom is 0.244 e. The van der Waals surface area contributed by atoms with E-state index in [0.717, 1.165) is 50.7 Å². The van der Waals surface area contributed by atoms with Crippen molar-refractivity contribution in [1.29, 1.82) is 0 Å². The van der Waals surface area contributed by atoms with Crippen molar-refractivity contribution in [3.8, 4) is 11.5 Å². The highest BCUT2D eigenvalue weighted by Crippen LogP contribution is 2.36. The third kappa shape index (κ3) is 3.19. The van der Waals surface area contributed by atoms with Crippen molar-refractivity contribution in [2.45, 2.75) is 12.1 Å². The molecule has 1 aromatic rings. The van der Waals surface area contributed by atoms with Gasteiger partial charge >= 0.3 is 0 Å². The molecular formula is C18H25N3O4. The Labute approximate surface area is 148 Å². The minimum Gasteiger partial charge on any atom is -0.454 e. The summed E-state index contributed by atoms with van der Waals surface area (Å²) in [6, 6.07) is 5.92. The summed E-state index contributed by atoms with van der Waals surface area (Å²) in [6.45, 7) is 5.36. The molecule has 1 aromatic carbocycles. The Bertz CT molecular complexity index is 639. The van der Waals surface area contributed by atoms with E-state index in [-0.39, 0.29) is 18.7 Å². The smallest absolute Gasteiger partial charge is 0.244 e. The maximum atomic E-state index is 13.1. The van der Waals surface area contributed by atoms with Gasteiger partial charge in [0.1, 0.15) is 6.04 Å². The lowest BCUT2D eigenvalue weighted by Crippen LogP contribution is -2.64. The molecule has 0 N–H and O–H groups in total. The fourth-order valence-electron chi connectivity index (χ4n) is 3.73. The molecule has 3 aliphatic heterocycles. The van der Waals surface area contributed by atoms with Crippen molar-refractivity contribution in [1.82, 2.24) is 14.7 Å². The molecule has 7 nitrogen and oxygen atoms in total. The van der Waals surface area contributed by atoms with Crippen molar-refractivity contribution >= 4 is 5.91 Å². The number of fused-ring (bicyclic) bond motifs is 1. The van der Waals surface area contributed by atoms with E-state index in [2.05, 4.69) is 4.90 Å². The van der Waals surface area contributed by atoms with E-state index < -0.39 is 0 Å². The Morgan fingerprint density at radius 3 is 2.60 bits per heavy atom. The average molecular weight is 347 g/mol. The zero-order chi connectivity index (χ0) is 17.4. The van der Waals surface area contributed by atoms with Gasteiger partial charge in [0, 0.05) is 32.2 Å². The number of carbonyl (C=O) groups is 1. The predicted molar refractivity (Wildman–Crippen MR) is 91.8 cm³/mol. The first-order valence-corrected chi connectivity index (χ1v) is 8.80. The summed E-state index contributed by atoms with van der Waals surface area (Å²) in [5.74, 6) is 1.60. The van der Waals surface area contributed by atoms with Crippen molar-refractivity contribution in [2.24, 2.45) is 0 Å². The lowest BCUT2D eigenvalue weighted by atomic mass is 9.99. The van der Waals surface area contributed by atoms with Crippen molar-refractivity contribution < 1.29 is 19.0 Å². The Morgan fingerprint density at radius 2 is 1.88 bits per heavy atom. The van der Waals surface area contributed by atoms with Gasteiger partial charge < -0.3 is 19.1 Å². The Balaban J connectivity index is 1.44. The van der Waals surface area contributed by atoms with E-state index in [1.54, 1.807) is 0 Å². The van der Waals surface area contributed by atoms with Crippen LogP contribution in [0.1, 0.15) is 11.6 Å². The number of amides is 1. The molecule has 4 rings (SSSR count). The fraction of sp³-hybridized carbons (Fsp3) is 0.611. The molecule has 7 heteroatoms. The topological polar surface area (TPSA) is 54.5 Å². The van der Waals surface area contributed by atoms with Gasteiger partial charge in [0.2, 0.25) is 12.7 Å². The predicted octanol–water partition coefficient (Wildman–Crippen LogP) is 0.561. The molecule has 3 aliphatic rings. The molecule has 1 amide bonds. The summed E-state index contributed by atoms with van der Waals surface area (Å²) in [5, 5.41) is 0. The normalized spacial score (nSPS) is 22.1. The second kappa shape index (κ2) is 6.82. The van der Waals surface area contributed by atoms with Crippen LogP contribution >= 0.6 is 0 Å². The number of rotatable bonds is 4. The zero-order valence-electron chi connectivity index (χ0n) is 14.8. The molecule has 0 radical (unpaired) electrons. The third-order valence-electron chi connectivity index (χ3n) is 5.20. The minimum absolute atomic E-state index is 0.147. The van der Waals surface area contributed by atoms with Gasteiger partial charge in [-0.15, -0.1) is 0 Å². The lowest BCUT2D eigenvalue weighted by molar-refractivity contribution is -0.145. The number of nitrogens with zero attached hydrogens (tertiary/aromatic N) is 3. The first-order valence-electron chi connectivity index (χ1n) is 8.80. The van der Waals surface area contributed by atoms with Gasteiger partial charge in [0.25, 0.3) is 0 Å². The number of benzene rings is 1. The van der Waals surface area contributed by atoms with E-state index >= 15 is 0 Å². The SMILES string of the molecule is CN(C)[C@H](C(=O)N1CC(N2CCOCC2)C1)c1ccc2c(c1)OCO2. The number of carbonyl (C=O) groups excluding carboxylic acids is 1. The number of hydrogen-bond acceptors (Lipinski definition) is 6. The van der Waals surface area contributed by atoms with Gasteiger partial charge in [0.15, 0.2) is 11.5 Å². The number of likely N-dealkylation sites (tertiary alicyclic amines) is 1. The molecule has 0 aromatic heterocycles. The standard InChI is InChI=1S/C18H25N3O4/c1-19(2)17(13-3-4-15-16(9-13)25-12-24-15)18(22)21-10-14(11-21)20-5-7-23-8-6-20/h3-4,9,14,17H,5-8,10-12H2,1-2H3/t17-/m0/s1. The summed E-state index contributed by atoms with van der Waals surface area (Å²) in [4.78, 5) is 19.4. The van der Waals surface area contributed by atoms with Gasteiger partial charge in [-0.1, -0.05) is 6.07 Å². The van der Waals surface area contributed by atoms with Gasteiger partial charge in [-0.25, -0.2) is 0 Å². The van der Waals surface area contributed by atoms with E-state index in [4.69, 9.17) is 14.2 Å². The Kier molecular flexibility index (Phi) is 4.54. The van der Waals surface area contributed by atoms with Crippen LogP contribution in [0.3, 0.4) is 0 Å². The van der Waals surface area contributed by atoms with Crippen LogP contribution in [-0.4, -0.2) is 86.9 Å². The molecule has 1 atom stereocenters. The molecular weight excluding hydrogens is 322 g/mol. The summed E-state index contributed by atoms with van der Waals surface area (Å²) < 4.78 is 16.2. The summed E-state index contributed by atoms with van der Waals surface area (Å²) >= 11 is 0. The average Bonchev–Trinajstić information content (AvgIpc) is 3.02. The van der Waals surface area contributed by atoms with Crippen molar-refractivity contribution in [2.75, 3.05) is 60.3 Å². The number of hydrogen-bond donors (Lipinski definition) is 0. The second-order valence-corrected chi connectivity index (χ2v) is 7.02. The quantitative estimate of drug-likeness (QED) is 0.793. The molecule has 3 heterocycles. The minimum atomic E-state index is -0.305. The first-order chi connectivity index (χ1) is 12.1. The maximum absolute atomic E-state index is 13.1. The molecule has 25 heavy (non-hydrogen) atoms.